The average molecular weight is 272 g/mol. The van der Waals surface area contributed by atoms with Gasteiger partial charge < -0.3 is 9.84 Å². The monoisotopic (exact) mass is 272 g/mol. The van der Waals surface area contributed by atoms with E-state index >= 15 is 0 Å². The van der Waals surface area contributed by atoms with Crippen LogP contribution in [-0.4, -0.2) is 27.7 Å². The van der Waals surface area contributed by atoms with Crippen molar-refractivity contribution in [2.45, 2.75) is 39.2 Å². The van der Waals surface area contributed by atoms with Crippen LogP contribution >= 0.6 is 0 Å². The van der Waals surface area contributed by atoms with Crippen molar-refractivity contribution in [3.63, 3.8) is 0 Å². The first-order valence-corrected chi connectivity index (χ1v) is 7.26. The summed E-state index contributed by atoms with van der Waals surface area (Å²) in [4.78, 5) is 8.89. The molecule has 1 fully saturated rings. The van der Waals surface area contributed by atoms with Crippen molar-refractivity contribution >= 4 is 0 Å². The number of nitrogens with one attached hydrogen (secondary N) is 1. The van der Waals surface area contributed by atoms with E-state index in [1.807, 2.05) is 25.1 Å². The van der Waals surface area contributed by atoms with E-state index < -0.39 is 0 Å². The van der Waals surface area contributed by atoms with Gasteiger partial charge in [-0.15, -0.1) is 0 Å². The zero-order chi connectivity index (χ0) is 13.9. The van der Waals surface area contributed by atoms with E-state index in [1.165, 1.54) is 12.8 Å². The number of rotatable bonds is 6. The molecule has 1 N–H and O–H groups in total. The average Bonchev–Trinajstić information content (AvgIpc) is 3.18. The molecular formula is C15H20N4O. The summed E-state index contributed by atoms with van der Waals surface area (Å²) in [6.45, 7) is 5.06. The second-order valence-electron chi connectivity index (χ2n) is 5.38. The third-order valence-corrected chi connectivity index (χ3v) is 3.64. The molecule has 1 saturated carbocycles. The minimum absolute atomic E-state index is 0.457. The topological polar surface area (TPSA) is 63.8 Å². The van der Waals surface area contributed by atoms with Crippen LogP contribution in [0.5, 0.6) is 0 Å². The molecule has 2 aromatic rings. The summed E-state index contributed by atoms with van der Waals surface area (Å²) in [7, 11) is 0. The van der Waals surface area contributed by atoms with Gasteiger partial charge in [-0.3, -0.25) is 0 Å². The van der Waals surface area contributed by atoms with E-state index in [4.69, 9.17) is 4.52 Å². The third-order valence-electron chi connectivity index (χ3n) is 3.64. The van der Waals surface area contributed by atoms with Gasteiger partial charge in [0.2, 0.25) is 11.7 Å². The molecule has 106 valence electrons. The lowest BCUT2D eigenvalue weighted by Crippen LogP contribution is -2.33. The van der Waals surface area contributed by atoms with Crippen molar-refractivity contribution in [3.8, 4) is 11.5 Å². The Labute approximate surface area is 118 Å². The molecule has 0 spiro atoms. The number of aromatic nitrogens is 3. The molecule has 1 unspecified atom stereocenters. The summed E-state index contributed by atoms with van der Waals surface area (Å²) in [5, 5.41) is 7.55. The Balaban J connectivity index is 1.73. The van der Waals surface area contributed by atoms with Gasteiger partial charge in [0.25, 0.3) is 0 Å². The van der Waals surface area contributed by atoms with Gasteiger partial charge in [0.1, 0.15) is 5.69 Å². The van der Waals surface area contributed by atoms with Crippen LogP contribution in [0.25, 0.3) is 11.5 Å². The summed E-state index contributed by atoms with van der Waals surface area (Å²) < 4.78 is 5.37. The number of likely N-dealkylation sites (N-methyl/N-ethyl adjacent to an activating group) is 1. The van der Waals surface area contributed by atoms with Crippen molar-refractivity contribution in [1.29, 1.82) is 0 Å². The Kier molecular flexibility index (Phi) is 3.78. The Morgan fingerprint density at radius 1 is 1.35 bits per heavy atom. The van der Waals surface area contributed by atoms with Gasteiger partial charge in [0.15, 0.2) is 0 Å². The number of pyridine rings is 1. The lowest BCUT2D eigenvalue weighted by molar-refractivity contribution is 0.348. The second kappa shape index (κ2) is 5.71. The Morgan fingerprint density at radius 2 is 2.20 bits per heavy atom. The van der Waals surface area contributed by atoms with E-state index in [2.05, 4.69) is 27.4 Å². The van der Waals surface area contributed by atoms with Gasteiger partial charge in [-0.05, 0) is 44.4 Å². The van der Waals surface area contributed by atoms with Crippen molar-refractivity contribution < 1.29 is 4.52 Å². The Bertz CT molecular complexity index is 577. The summed E-state index contributed by atoms with van der Waals surface area (Å²) in [6, 6.07) is 6.28. The highest BCUT2D eigenvalue weighted by atomic mass is 16.5. The summed E-state index contributed by atoms with van der Waals surface area (Å²) in [5.41, 5.74) is 1.73. The van der Waals surface area contributed by atoms with Gasteiger partial charge >= 0.3 is 0 Å². The van der Waals surface area contributed by atoms with Crippen molar-refractivity contribution in [2.24, 2.45) is 5.92 Å². The highest BCUT2D eigenvalue weighted by molar-refractivity contribution is 5.47. The number of nitrogens with zero attached hydrogens (tertiary/aromatic N) is 3. The molecule has 5 nitrogen and oxygen atoms in total. The molecule has 1 atom stereocenters. The van der Waals surface area contributed by atoms with Gasteiger partial charge in [0.05, 0.1) is 0 Å². The first kappa shape index (κ1) is 13.2. The van der Waals surface area contributed by atoms with Gasteiger partial charge in [-0.1, -0.05) is 18.1 Å². The fraction of sp³-hybridized carbons (Fsp3) is 0.533. The molecule has 3 rings (SSSR count). The summed E-state index contributed by atoms with van der Waals surface area (Å²) in [5.74, 6) is 2.04. The molecule has 0 saturated heterocycles. The van der Waals surface area contributed by atoms with E-state index in [0.29, 0.717) is 17.8 Å². The van der Waals surface area contributed by atoms with Crippen LogP contribution in [0.1, 0.15) is 31.4 Å². The first-order valence-electron chi connectivity index (χ1n) is 7.26. The highest BCUT2D eigenvalue weighted by Crippen LogP contribution is 2.34. The maximum absolute atomic E-state index is 5.37. The highest BCUT2D eigenvalue weighted by Gasteiger charge is 2.32. The maximum Gasteiger partial charge on any atom is 0.228 e. The lowest BCUT2D eigenvalue weighted by atomic mass is 10.1. The number of aryl methyl sites for hydroxylation is 1. The van der Waals surface area contributed by atoms with E-state index in [1.54, 1.807) is 0 Å². The maximum atomic E-state index is 5.37. The molecule has 0 aliphatic heterocycles. The fourth-order valence-electron chi connectivity index (χ4n) is 2.46. The molecular weight excluding hydrogens is 252 g/mol. The molecule has 1 aliphatic carbocycles. The number of hydrogen-bond donors (Lipinski definition) is 1. The van der Waals surface area contributed by atoms with Crippen LogP contribution in [0.4, 0.5) is 0 Å². The van der Waals surface area contributed by atoms with Crippen LogP contribution in [0.15, 0.2) is 22.7 Å². The fourth-order valence-corrected chi connectivity index (χ4v) is 2.46. The zero-order valence-corrected chi connectivity index (χ0v) is 12.0. The Hall–Kier alpha value is -1.75. The Morgan fingerprint density at radius 3 is 2.90 bits per heavy atom. The largest absolute Gasteiger partial charge is 0.339 e. The predicted octanol–water partition coefficient (Wildman–Crippen LogP) is 2.37. The van der Waals surface area contributed by atoms with Gasteiger partial charge in [-0.2, -0.15) is 4.98 Å². The van der Waals surface area contributed by atoms with E-state index in [0.717, 1.165) is 30.3 Å². The minimum Gasteiger partial charge on any atom is -0.339 e. The SMILES string of the molecule is CCNC(Cc1nc(-c2cccc(C)n2)no1)C1CC1. The van der Waals surface area contributed by atoms with Crippen LogP contribution in [0.2, 0.25) is 0 Å². The second-order valence-corrected chi connectivity index (χ2v) is 5.38. The van der Waals surface area contributed by atoms with Gasteiger partial charge in [0, 0.05) is 18.2 Å². The van der Waals surface area contributed by atoms with Crippen molar-refractivity contribution in [1.82, 2.24) is 20.4 Å². The van der Waals surface area contributed by atoms with Crippen molar-refractivity contribution in [3.05, 3.63) is 29.8 Å². The van der Waals surface area contributed by atoms with Crippen LogP contribution in [-0.2, 0) is 6.42 Å². The molecule has 2 heterocycles. The summed E-state index contributed by atoms with van der Waals surface area (Å²) in [6.07, 6.45) is 3.41. The van der Waals surface area contributed by atoms with Gasteiger partial charge in [-0.25, -0.2) is 4.98 Å². The molecule has 0 amide bonds. The molecule has 5 heteroatoms. The van der Waals surface area contributed by atoms with Crippen LogP contribution in [0.3, 0.4) is 0 Å². The number of hydrogen-bond acceptors (Lipinski definition) is 5. The quantitative estimate of drug-likeness (QED) is 0.874. The first-order chi connectivity index (χ1) is 9.76. The molecule has 0 bridgehead atoms. The standard InChI is InChI=1S/C15H20N4O/c1-3-16-13(11-7-8-11)9-14-18-15(19-20-14)12-6-4-5-10(2)17-12/h4-6,11,13,16H,3,7-9H2,1-2H3. The normalized spacial score (nSPS) is 16.3. The van der Waals surface area contributed by atoms with E-state index in [9.17, 15) is 0 Å². The summed E-state index contributed by atoms with van der Waals surface area (Å²) >= 11 is 0. The predicted molar refractivity (Wildman–Crippen MR) is 76.2 cm³/mol. The molecule has 0 aromatic carbocycles. The minimum atomic E-state index is 0.457. The molecule has 1 aliphatic rings. The van der Waals surface area contributed by atoms with Crippen molar-refractivity contribution in [2.75, 3.05) is 6.54 Å². The smallest absolute Gasteiger partial charge is 0.228 e. The molecule has 20 heavy (non-hydrogen) atoms. The molecule has 0 radical (unpaired) electrons. The zero-order valence-electron chi connectivity index (χ0n) is 12.0. The molecule has 2 aromatic heterocycles. The van der Waals surface area contributed by atoms with Crippen LogP contribution < -0.4 is 5.32 Å². The van der Waals surface area contributed by atoms with E-state index in [-0.39, 0.29) is 0 Å². The third kappa shape index (κ3) is 3.04. The lowest BCUT2D eigenvalue weighted by Gasteiger charge is -2.14. The van der Waals surface area contributed by atoms with Crippen LogP contribution in [0, 0.1) is 12.8 Å².